The zero-order valence-corrected chi connectivity index (χ0v) is 17.3. The number of aliphatic imine (C=N–C) groups is 1. The summed E-state index contributed by atoms with van der Waals surface area (Å²) < 4.78 is 0. The van der Waals surface area contributed by atoms with Gasteiger partial charge in [-0.1, -0.05) is 30.7 Å². The van der Waals surface area contributed by atoms with Crippen molar-refractivity contribution >= 4 is 17.3 Å². The van der Waals surface area contributed by atoms with Crippen LogP contribution >= 0.6 is 11.3 Å². The molecule has 146 valence electrons. The van der Waals surface area contributed by atoms with E-state index in [2.05, 4.69) is 51.7 Å². The van der Waals surface area contributed by atoms with Gasteiger partial charge in [-0.15, -0.1) is 11.3 Å². The van der Waals surface area contributed by atoms with Crippen molar-refractivity contribution < 1.29 is 0 Å². The van der Waals surface area contributed by atoms with Crippen molar-refractivity contribution in [2.24, 2.45) is 4.99 Å². The van der Waals surface area contributed by atoms with Crippen molar-refractivity contribution in [2.45, 2.75) is 52.7 Å². The lowest BCUT2D eigenvalue weighted by Crippen LogP contribution is -2.36. The molecule has 0 radical (unpaired) electrons. The maximum absolute atomic E-state index is 4.73. The molecule has 2 heterocycles. The Bertz CT molecular complexity index is 716. The average molecular weight is 386 g/mol. The van der Waals surface area contributed by atoms with Crippen LogP contribution in [0.2, 0.25) is 0 Å². The van der Waals surface area contributed by atoms with Gasteiger partial charge in [0.25, 0.3) is 0 Å². The zero-order valence-electron chi connectivity index (χ0n) is 16.5. The highest BCUT2D eigenvalue weighted by Crippen LogP contribution is 2.14. The highest BCUT2D eigenvalue weighted by atomic mass is 32.1. The molecule has 1 aromatic heterocycles. The van der Waals surface area contributed by atoms with Crippen LogP contribution in [0.1, 0.15) is 47.9 Å². The summed E-state index contributed by atoms with van der Waals surface area (Å²) >= 11 is 1.68. The van der Waals surface area contributed by atoms with Gasteiger partial charge in [0.1, 0.15) is 0 Å². The Kier molecular flexibility index (Phi) is 7.66. The molecule has 5 nitrogen and oxygen atoms in total. The first-order chi connectivity index (χ1) is 13.2. The molecule has 3 rings (SSSR count). The van der Waals surface area contributed by atoms with Crippen LogP contribution in [0, 0.1) is 6.92 Å². The van der Waals surface area contributed by atoms with E-state index in [0.29, 0.717) is 6.54 Å². The third kappa shape index (κ3) is 6.33. The molecule has 6 heteroatoms. The first-order valence-electron chi connectivity index (χ1n) is 9.96. The summed E-state index contributed by atoms with van der Waals surface area (Å²) in [5, 5.41) is 6.72. The summed E-state index contributed by atoms with van der Waals surface area (Å²) in [6.07, 6.45) is 4.07. The molecule has 0 amide bonds. The quantitative estimate of drug-likeness (QED) is 0.564. The van der Waals surface area contributed by atoms with Crippen LogP contribution in [0.5, 0.6) is 0 Å². The van der Waals surface area contributed by atoms with E-state index in [4.69, 9.17) is 4.99 Å². The Hall–Kier alpha value is -1.92. The van der Waals surface area contributed by atoms with Gasteiger partial charge >= 0.3 is 0 Å². The van der Waals surface area contributed by atoms with Crippen LogP contribution in [-0.4, -0.2) is 35.5 Å². The fourth-order valence-corrected chi connectivity index (χ4v) is 4.01. The molecule has 0 bridgehead atoms. The number of benzene rings is 1. The van der Waals surface area contributed by atoms with E-state index in [1.165, 1.54) is 48.4 Å². The van der Waals surface area contributed by atoms with Gasteiger partial charge < -0.3 is 10.6 Å². The summed E-state index contributed by atoms with van der Waals surface area (Å²) in [6, 6.07) is 8.92. The molecule has 0 saturated carbocycles. The van der Waals surface area contributed by atoms with Gasteiger partial charge in [0.05, 0.1) is 24.3 Å². The lowest BCUT2D eigenvalue weighted by molar-refractivity contribution is 0.221. The van der Waals surface area contributed by atoms with E-state index >= 15 is 0 Å². The third-order valence-corrected chi connectivity index (χ3v) is 5.84. The first-order valence-corrected chi connectivity index (χ1v) is 10.8. The SMILES string of the molecule is CCNC(=NCc1ccc(CN2CCCCC2)cc1)NCc1scnc1C. The second kappa shape index (κ2) is 10.4. The molecular weight excluding hydrogens is 354 g/mol. The standard InChI is InChI=1S/C21H31N5S/c1-3-22-21(24-14-20-17(2)25-16-27-20)23-13-18-7-9-19(10-8-18)15-26-11-5-4-6-12-26/h7-10,16H,3-6,11-15H2,1-2H3,(H2,22,23,24). The maximum atomic E-state index is 4.73. The molecule has 2 aromatic rings. The van der Waals surface area contributed by atoms with E-state index in [1.807, 2.05) is 12.4 Å². The summed E-state index contributed by atoms with van der Waals surface area (Å²) in [5.74, 6) is 0.850. The topological polar surface area (TPSA) is 52.6 Å². The molecule has 0 spiro atoms. The average Bonchev–Trinajstić information content (AvgIpc) is 3.11. The number of rotatable bonds is 7. The molecule has 27 heavy (non-hydrogen) atoms. The molecule has 1 fully saturated rings. The van der Waals surface area contributed by atoms with Gasteiger partial charge in [-0.05, 0) is 50.9 Å². The van der Waals surface area contributed by atoms with Gasteiger partial charge in [-0.25, -0.2) is 9.98 Å². The highest BCUT2D eigenvalue weighted by molar-refractivity contribution is 7.09. The normalized spacial score (nSPS) is 15.7. The number of hydrogen-bond acceptors (Lipinski definition) is 4. The van der Waals surface area contributed by atoms with Crippen molar-refractivity contribution in [1.29, 1.82) is 0 Å². The van der Waals surface area contributed by atoms with Crippen molar-refractivity contribution in [2.75, 3.05) is 19.6 Å². The van der Waals surface area contributed by atoms with E-state index in [-0.39, 0.29) is 0 Å². The number of likely N-dealkylation sites (tertiary alicyclic amines) is 1. The van der Waals surface area contributed by atoms with Gasteiger partial charge in [-0.3, -0.25) is 4.90 Å². The van der Waals surface area contributed by atoms with Gasteiger partial charge in [-0.2, -0.15) is 0 Å². The molecular formula is C21H31N5S. The Balaban J connectivity index is 1.52. The molecule has 1 aliphatic rings. The van der Waals surface area contributed by atoms with Crippen LogP contribution in [0.25, 0.3) is 0 Å². The van der Waals surface area contributed by atoms with Crippen molar-refractivity contribution in [3.63, 3.8) is 0 Å². The molecule has 0 unspecified atom stereocenters. The molecule has 2 N–H and O–H groups in total. The second-order valence-corrected chi connectivity index (χ2v) is 8.00. The third-order valence-electron chi connectivity index (χ3n) is 4.90. The van der Waals surface area contributed by atoms with Crippen molar-refractivity contribution in [3.8, 4) is 0 Å². The molecule has 1 aromatic carbocycles. The van der Waals surface area contributed by atoms with Crippen molar-refractivity contribution in [1.82, 2.24) is 20.5 Å². The van der Waals surface area contributed by atoms with Gasteiger partial charge in [0, 0.05) is 18.0 Å². The number of thiazole rings is 1. The Labute approximate surface area is 166 Å². The molecule has 1 saturated heterocycles. The van der Waals surface area contributed by atoms with Crippen LogP contribution < -0.4 is 10.6 Å². The number of nitrogens with one attached hydrogen (secondary N) is 2. The zero-order chi connectivity index (χ0) is 18.9. The van der Waals surface area contributed by atoms with Crippen LogP contribution in [0.3, 0.4) is 0 Å². The van der Waals surface area contributed by atoms with Crippen LogP contribution in [0.15, 0.2) is 34.8 Å². The predicted molar refractivity (Wildman–Crippen MR) is 114 cm³/mol. The number of hydrogen-bond donors (Lipinski definition) is 2. The highest BCUT2D eigenvalue weighted by Gasteiger charge is 2.10. The molecule has 0 aliphatic carbocycles. The Morgan fingerprint density at radius 3 is 2.52 bits per heavy atom. The van der Waals surface area contributed by atoms with E-state index in [0.717, 1.165) is 31.3 Å². The number of aromatic nitrogens is 1. The largest absolute Gasteiger partial charge is 0.357 e. The fraction of sp³-hybridized carbons (Fsp3) is 0.524. The Morgan fingerprint density at radius 1 is 1.11 bits per heavy atom. The fourth-order valence-electron chi connectivity index (χ4n) is 3.30. The first kappa shape index (κ1) is 19.8. The minimum atomic E-state index is 0.682. The van der Waals surface area contributed by atoms with E-state index in [9.17, 15) is 0 Å². The van der Waals surface area contributed by atoms with Crippen LogP contribution in [0.4, 0.5) is 0 Å². The van der Waals surface area contributed by atoms with E-state index < -0.39 is 0 Å². The number of nitrogens with zero attached hydrogens (tertiary/aromatic N) is 3. The monoisotopic (exact) mass is 385 g/mol. The van der Waals surface area contributed by atoms with Gasteiger partial charge in [0.15, 0.2) is 5.96 Å². The molecule has 0 atom stereocenters. The minimum absolute atomic E-state index is 0.682. The van der Waals surface area contributed by atoms with Crippen molar-refractivity contribution in [3.05, 3.63) is 51.5 Å². The summed E-state index contributed by atoms with van der Waals surface area (Å²) in [4.78, 5) is 12.8. The van der Waals surface area contributed by atoms with Crippen LogP contribution in [-0.2, 0) is 19.6 Å². The summed E-state index contributed by atoms with van der Waals surface area (Å²) in [5.41, 5.74) is 5.62. The summed E-state index contributed by atoms with van der Waals surface area (Å²) in [6.45, 7) is 9.97. The minimum Gasteiger partial charge on any atom is -0.357 e. The smallest absolute Gasteiger partial charge is 0.191 e. The number of guanidine groups is 1. The number of piperidine rings is 1. The predicted octanol–water partition coefficient (Wildman–Crippen LogP) is 3.69. The van der Waals surface area contributed by atoms with E-state index in [1.54, 1.807) is 11.3 Å². The summed E-state index contributed by atoms with van der Waals surface area (Å²) in [7, 11) is 0. The molecule has 1 aliphatic heterocycles. The lowest BCUT2D eigenvalue weighted by Gasteiger charge is -2.26. The Morgan fingerprint density at radius 2 is 1.85 bits per heavy atom. The van der Waals surface area contributed by atoms with Gasteiger partial charge in [0.2, 0.25) is 0 Å². The maximum Gasteiger partial charge on any atom is 0.191 e. The second-order valence-electron chi connectivity index (χ2n) is 7.06. The number of aryl methyl sites for hydroxylation is 1. The lowest BCUT2D eigenvalue weighted by atomic mass is 10.1.